The Morgan fingerprint density at radius 3 is 2.21 bits per heavy atom. The van der Waals surface area contributed by atoms with Gasteiger partial charge in [-0.25, -0.2) is 4.98 Å². The molecule has 3 aliphatic rings. The molecule has 0 bridgehead atoms. The molecule has 3 heterocycles. The molecule has 6 heteroatoms. The lowest BCUT2D eigenvalue weighted by Crippen LogP contribution is -2.51. The third-order valence-corrected chi connectivity index (χ3v) is 5.29. The van der Waals surface area contributed by atoms with E-state index in [0.29, 0.717) is 19.5 Å². The third kappa shape index (κ3) is 2.71. The fourth-order valence-corrected chi connectivity index (χ4v) is 3.87. The Kier molecular flexibility index (Phi) is 4.06. The summed E-state index contributed by atoms with van der Waals surface area (Å²) in [6.07, 6.45) is 7.28. The summed E-state index contributed by atoms with van der Waals surface area (Å²) in [4.78, 5) is 35.4. The molecule has 2 fully saturated rings. The van der Waals surface area contributed by atoms with E-state index in [9.17, 15) is 9.59 Å². The number of carbonyl (C=O) groups is 2. The number of piperazine rings is 1. The summed E-state index contributed by atoms with van der Waals surface area (Å²) in [5.41, 5.74) is 0. The van der Waals surface area contributed by atoms with E-state index in [1.165, 1.54) is 4.90 Å². The number of allylic oxidation sites excluding steroid dienone is 2. The van der Waals surface area contributed by atoms with Gasteiger partial charge in [0.15, 0.2) is 0 Å². The Hall–Kier alpha value is -2.21. The van der Waals surface area contributed by atoms with E-state index < -0.39 is 0 Å². The molecule has 2 aliphatic heterocycles. The van der Waals surface area contributed by atoms with Gasteiger partial charge in [-0.15, -0.1) is 0 Å². The predicted octanol–water partition coefficient (Wildman–Crippen LogP) is 1.11. The van der Waals surface area contributed by atoms with Crippen molar-refractivity contribution in [2.45, 2.75) is 12.8 Å². The van der Waals surface area contributed by atoms with Crippen LogP contribution in [-0.4, -0.2) is 59.4 Å². The molecule has 2 saturated heterocycles. The summed E-state index contributed by atoms with van der Waals surface area (Å²) < 4.78 is 0. The minimum atomic E-state index is -0.127. The van der Waals surface area contributed by atoms with Gasteiger partial charge in [0.05, 0.1) is 18.5 Å². The smallest absolute Gasteiger partial charge is 0.234 e. The summed E-state index contributed by atoms with van der Waals surface area (Å²) in [6, 6.07) is 5.92. The van der Waals surface area contributed by atoms with Gasteiger partial charge in [-0.2, -0.15) is 0 Å². The number of anilines is 1. The number of imide groups is 1. The highest BCUT2D eigenvalue weighted by Gasteiger charge is 2.47. The first-order valence-corrected chi connectivity index (χ1v) is 8.62. The van der Waals surface area contributed by atoms with Crippen molar-refractivity contribution in [3.63, 3.8) is 0 Å². The van der Waals surface area contributed by atoms with Gasteiger partial charge in [-0.1, -0.05) is 18.2 Å². The molecule has 1 aromatic heterocycles. The zero-order valence-corrected chi connectivity index (χ0v) is 13.7. The summed E-state index contributed by atoms with van der Waals surface area (Å²) in [6.45, 7) is 3.83. The minimum Gasteiger partial charge on any atom is -0.354 e. The number of pyridine rings is 1. The largest absolute Gasteiger partial charge is 0.354 e. The van der Waals surface area contributed by atoms with E-state index in [0.717, 1.165) is 32.0 Å². The van der Waals surface area contributed by atoms with Crippen LogP contribution in [0.4, 0.5) is 5.82 Å². The van der Waals surface area contributed by atoms with Gasteiger partial charge < -0.3 is 4.90 Å². The molecule has 2 atom stereocenters. The lowest BCUT2D eigenvalue weighted by Gasteiger charge is -2.36. The van der Waals surface area contributed by atoms with E-state index in [-0.39, 0.29) is 23.7 Å². The number of rotatable bonds is 3. The standard InChI is InChI=1S/C18H22N4O2/c23-17-14-5-1-2-6-15(14)18(24)22(17)13-20-9-11-21(12-10-20)16-7-3-4-8-19-16/h1-4,7-8,14-15H,5-6,9-13H2. The van der Waals surface area contributed by atoms with Gasteiger partial charge in [0.1, 0.15) is 5.82 Å². The second-order valence-corrected chi connectivity index (χ2v) is 6.69. The molecule has 2 unspecified atom stereocenters. The number of hydrogen-bond donors (Lipinski definition) is 0. The Bertz CT molecular complexity index is 626. The summed E-state index contributed by atoms with van der Waals surface area (Å²) in [5, 5.41) is 0. The average molecular weight is 326 g/mol. The highest BCUT2D eigenvalue weighted by Crippen LogP contribution is 2.35. The van der Waals surface area contributed by atoms with Crippen LogP contribution in [0, 0.1) is 11.8 Å². The second-order valence-electron chi connectivity index (χ2n) is 6.69. The molecule has 126 valence electrons. The van der Waals surface area contributed by atoms with Crippen molar-refractivity contribution in [2.24, 2.45) is 11.8 Å². The number of hydrogen-bond acceptors (Lipinski definition) is 5. The van der Waals surface area contributed by atoms with Gasteiger partial charge in [0.2, 0.25) is 11.8 Å². The normalized spacial score (nSPS) is 27.7. The lowest BCUT2D eigenvalue weighted by atomic mass is 9.85. The van der Waals surface area contributed by atoms with Gasteiger partial charge in [-0.3, -0.25) is 19.4 Å². The maximum absolute atomic E-state index is 12.5. The monoisotopic (exact) mass is 326 g/mol. The van der Waals surface area contributed by atoms with Crippen molar-refractivity contribution in [3.8, 4) is 0 Å². The van der Waals surface area contributed by atoms with Crippen molar-refractivity contribution < 1.29 is 9.59 Å². The second kappa shape index (κ2) is 6.36. The third-order valence-electron chi connectivity index (χ3n) is 5.29. The van der Waals surface area contributed by atoms with Crippen molar-refractivity contribution in [1.29, 1.82) is 0 Å². The predicted molar refractivity (Wildman–Crippen MR) is 90.1 cm³/mol. The van der Waals surface area contributed by atoms with Crippen LogP contribution in [0.5, 0.6) is 0 Å². The van der Waals surface area contributed by atoms with Crippen molar-refractivity contribution >= 4 is 17.6 Å². The average Bonchev–Trinajstić information content (AvgIpc) is 2.88. The molecule has 2 amide bonds. The zero-order valence-electron chi connectivity index (χ0n) is 13.7. The molecular formula is C18H22N4O2. The molecule has 0 N–H and O–H groups in total. The Labute approximate surface area is 141 Å². The first-order valence-electron chi connectivity index (χ1n) is 8.62. The maximum Gasteiger partial charge on any atom is 0.234 e. The van der Waals surface area contributed by atoms with Gasteiger partial charge in [-0.05, 0) is 25.0 Å². The highest BCUT2D eigenvalue weighted by molar-refractivity contribution is 6.05. The fraction of sp³-hybridized carbons (Fsp3) is 0.500. The minimum absolute atomic E-state index is 0.0153. The summed E-state index contributed by atoms with van der Waals surface area (Å²) in [5.74, 6) is 0.764. The Balaban J connectivity index is 1.36. The lowest BCUT2D eigenvalue weighted by molar-refractivity contribution is -0.142. The molecule has 24 heavy (non-hydrogen) atoms. The Morgan fingerprint density at radius 1 is 0.958 bits per heavy atom. The van der Waals surface area contributed by atoms with Crippen LogP contribution in [-0.2, 0) is 9.59 Å². The Morgan fingerprint density at radius 2 is 1.62 bits per heavy atom. The quantitative estimate of drug-likeness (QED) is 0.615. The molecule has 0 saturated carbocycles. The molecule has 4 rings (SSSR count). The van der Waals surface area contributed by atoms with Gasteiger partial charge >= 0.3 is 0 Å². The number of nitrogens with zero attached hydrogens (tertiary/aromatic N) is 4. The van der Waals surface area contributed by atoms with Crippen LogP contribution in [0.25, 0.3) is 0 Å². The van der Waals surface area contributed by atoms with Crippen molar-refractivity contribution in [3.05, 3.63) is 36.5 Å². The molecule has 0 radical (unpaired) electrons. The van der Waals surface area contributed by atoms with Crippen LogP contribution < -0.4 is 4.90 Å². The van der Waals surface area contributed by atoms with E-state index >= 15 is 0 Å². The topological polar surface area (TPSA) is 56.8 Å². The van der Waals surface area contributed by atoms with E-state index in [2.05, 4.69) is 14.8 Å². The van der Waals surface area contributed by atoms with Crippen molar-refractivity contribution in [1.82, 2.24) is 14.8 Å². The number of likely N-dealkylation sites (tertiary alicyclic amines) is 1. The summed E-state index contributed by atoms with van der Waals surface area (Å²) in [7, 11) is 0. The van der Waals surface area contributed by atoms with Crippen LogP contribution in [0.15, 0.2) is 36.5 Å². The van der Waals surface area contributed by atoms with Gasteiger partial charge in [0.25, 0.3) is 0 Å². The van der Waals surface area contributed by atoms with E-state index in [1.807, 2.05) is 30.4 Å². The molecule has 0 aromatic carbocycles. The molecule has 1 aliphatic carbocycles. The molecule has 6 nitrogen and oxygen atoms in total. The first-order chi connectivity index (χ1) is 11.7. The van der Waals surface area contributed by atoms with Crippen LogP contribution >= 0.6 is 0 Å². The maximum atomic E-state index is 12.5. The van der Waals surface area contributed by atoms with Crippen LogP contribution in [0.3, 0.4) is 0 Å². The van der Waals surface area contributed by atoms with E-state index in [4.69, 9.17) is 0 Å². The number of carbonyl (C=O) groups excluding carboxylic acids is 2. The van der Waals surface area contributed by atoms with Gasteiger partial charge in [0, 0.05) is 32.4 Å². The van der Waals surface area contributed by atoms with Crippen molar-refractivity contribution in [2.75, 3.05) is 37.7 Å². The molecular weight excluding hydrogens is 304 g/mol. The van der Waals surface area contributed by atoms with Crippen LogP contribution in [0.2, 0.25) is 0 Å². The molecule has 1 aromatic rings. The highest BCUT2D eigenvalue weighted by atomic mass is 16.2. The molecule has 0 spiro atoms. The number of aromatic nitrogens is 1. The number of amides is 2. The zero-order chi connectivity index (χ0) is 16.5. The van der Waals surface area contributed by atoms with Crippen LogP contribution in [0.1, 0.15) is 12.8 Å². The SMILES string of the molecule is O=C1C2CC=CCC2C(=O)N1CN1CCN(c2ccccn2)CC1. The van der Waals surface area contributed by atoms with E-state index in [1.54, 1.807) is 6.20 Å². The fourth-order valence-electron chi connectivity index (χ4n) is 3.87. The summed E-state index contributed by atoms with van der Waals surface area (Å²) >= 11 is 0. The first kappa shape index (κ1) is 15.3. The number of fused-ring (bicyclic) bond motifs is 1.